The number of ether oxygens (including phenoxy) is 1. The topological polar surface area (TPSA) is 62.7 Å². The SMILES string of the molecule is CCCCOCCCNC(=NC)NC1CCCC(S(=O)CC)C1. The van der Waals surface area contributed by atoms with Gasteiger partial charge in [-0.2, -0.15) is 0 Å². The highest BCUT2D eigenvalue weighted by molar-refractivity contribution is 7.85. The maximum Gasteiger partial charge on any atom is 0.191 e. The van der Waals surface area contributed by atoms with Gasteiger partial charge in [0.1, 0.15) is 0 Å². The van der Waals surface area contributed by atoms with Crippen molar-refractivity contribution in [1.82, 2.24) is 10.6 Å². The Bertz CT molecular complexity index is 364. The molecule has 1 rings (SSSR count). The van der Waals surface area contributed by atoms with Crippen LogP contribution in [0.5, 0.6) is 0 Å². The predicted octanol–water partition coefficient (Wildman–Crippen LogP) is 2.44. The average Bonchev–Trinajstić information content (AvgIpc) is 2.59. The molecule has 0 amide bonds. The fourth-order valence-electron chi connectivity index (χ4n) is 2.87. The molecule has 5 nitrogen and oxygen atoms in total. The van der Waals surface area contributed by atoms with Gasteiger partial charge in [-0.05, 0) is 32.1 Å². The molecule has 3 unspecified atom stereocenters. The highest BCUT2D eigenvalue weighted by Gasteiger charge is 2.25. The maximum atomic E-state index is 12.0. The monoisotopic (exact) mass is 345 g/mol. The van der Waals surface area contributed by atoms with E-state index >= 15 is 0 Å². The Morgan fingerprint density at radius 3 is 2.74 bits per heavy atom. The molecule has 1 aliphatic rings. The molecule has 3 atom stereocenters. The summed E-state index contributed by atoms with van der Waals surface area (Å²) in [5, 5.41) is 7.18. The summed E-state index contributed by atoms with van der Waals surface area (Å²) < 4.78 is 17.6. The second-order valence-corrected chi connectivity index (χ2v) is 8.12. The molecule has 0 aromatic heterocycles. The highest BCUT2D eigenvalue weighted by Crippen LogP contribution is 2.22. The van der Waals surface area contributed by atoms with E-state index in [0.717, 1.165) is 70.0 Å². The van der Waals surface area contributed by atoms with Gasteiger partial charge in [-0.15, -0.1) is 0 Å². The zero-order valence-electron chi connectivity index (χ0n) is 15.1. The van der Waals surface area contributed by atoms with E-state index in [1.165, 1.54) is 6.42 Å². The number of hydrogen-bond acceptors (Lipinski definition) is 3. The summed E-state index contributed by atoms with van der Waals surface area (Å²) in [6.07, 6.45) is 7.67. The molecule has 0 heterocycles. The first-order chi connectivity index (χ1) is 11.2. The van der Waals surface area contributed by atoms with Crippen LogP contribution in [0.3, 0.4) is 0 Å². The highest BCUT2D eigenvalue weighted by atomic mass is 32.2. The molecule has 1 fully saturated rings. The summed E-state index contributed by atoms with van der Waals surface area (Å²) in [6.45, 7) is 6.71. The summed E-state index contributed by atoms with van der Waals surface area (Å²) in [4.78, 5) is 4.30. The van der Waals surface area contributed by atoms with Gasteiger partial charge in [0.25, 0.3) is 0 Å². The first kappa shape index (κ1) is 20.4. The minimum atomic E-state index is -0.679. The number of guanidine groups is 1. The summed E-state index contributed by atoms with van der Waals surface area (Å²) in [7, 11) is 1.12. The first-order valence-corrected chi connectivity index (χ1v) is 10.5. The lowest BCUT2D eigenvalue weighted by Crippen LogP contribution is -2.46. The van der Waals surface area contributed by atoms with E-state index < -0.39 is 10.8 Å². The lowest BCUT2D eigenvalue weighted by atomic mass is 9.95. The number of nitrogens with zero attached hydrogens (tertiary/aromatic N) is 1. The number of nitrogens with one attached hydrogen (secondary N) is 2. The molecule has 23 heavy (non-hydrogen) atoms. The van der Waals surface area contributed by atoms with E-state index in [4.69, 9.17) is 4.74 Å². The van der Waals surface area contributed by atoms with Crippen molar-refractivity contribution in [2.75, 3.05) is 32.6 Å². The van der Waals surface area contributed by atoms with Gasteiger partial charge in [0.15, 0.2) is 5.96 Å². The molecule has 2 N–H and O–H groups in total. The van der Waals surface area contributed by atoms with Crippen LogP contribution < -0.4 is 10.6 Å². The molecule has 0 spiro atoms. The first-order valence-electron chi connectivity index (χ1n) is 9.13. The van der Waals surface area contributed by atoms with E-state index in [0.29, 0.717) is 11.3 Å². The summed E-state index contributed by atoms with van der Waals surface area (Å²) >= 11 is 0. The van der Waals surface area contributed by atoms with E-state index in [1.807, 2.05) is 6.92 Å². The van der Waals surface area contributed by atoms with Gasteiger partial charge in [0.2, 0.25) is 0 Å². The zero-order valence-corrected chi connectivity index (χ0v) is 15.9. The van der Waals surface area contributed by atoms with Crippen LogP contribution in [0.25, 0.3) is 0 Å². The predicted molar refractivity (Wildman–Crippen MR) is 99.6 cm³/mol. The third-order valence-corrected chi connectivity index (χ3v) is 5.99. The van der Waals surface area contributed by atoms with E-state index in [-0.39, 0.29) is 0 Å². The number of unbranched alkanes of at least 4 members (excludes halogenated alkanes) is 1. The van der Waals surface area contributed by atoms with E-state index in [2.05, 4.69) is 22.5 Å². The van der Waals surface area contributed by atoms with Crippen molar-refractivity contribution in [2.24, 2.45) is 4.99 Å². The van der Waals surface area contributed by atoms with Crippen molar-refractivity contribution in [2.45, 2.75) is 70.1 Å². The molecule has 1 aliphatic carbocycles. The molecule has 0 aromatic carbocycles. The van der Waals surface area contributed by atoms with Crippen LogP contribution in [-0.4, -0.2) is 54.0 Å². The van der Waals surface area contributed by atoms with Crippen LogP contribution >= 0.6 is 0 Å². The van der Waals surface area contributed by atoms with Crippen LogP contribution in [-0.2, 0) is 15.5 Å². The molecular formula is C17H35N3O2S. The Kier molecular flexibility index (Phi) is 11.3. The van der Waals surface area contributed by atoms with Crippen molar-refractivity contribution in [3.05, 3.63) is 0 Å². The summed E-state index contributed by atoms with van der Waals surface area (Å²) in [6, 6.07) is 0.385. The summed E-state index contributed by atoms with van der Waals surface area (Å²) in [5.41, 5.74) is 0. The maximum absolute atomic E-state index is 12.0. The Balaban J connectivity index is 2.21. The van der Waals surface area contributed by atoms with Crippen molar-refractivity contribution in [3.8, 4) is 0 Å². The minimum Gasteiger partial charge on any atom is -0.381 e. The van der Waals surface area contributed by atoms with Gasteiger partial charge in [-0.25, -0.2) is 0 Å². The minimum absolute atomic E-state index is 0.344. The molecular weight excluding hydrogens is 310 g/mol. The Hall–Kier alpha value is -0.620. The van der Waals surface area contributed by atoms with Crippen LogP contribution in [0.1, 0.15) is 58.8 Å². The van der Waals surface area contributed by atoms with Gasteiger partial charge in [0, 0.05) is 54.7 Å². The lowest BCUT2D eigenvalue weighted by Gasteiger charge is -2.30. The molecule has 0 saturated heterocycles. The normalized spacial score (nSPS) is 23.5. The second-order valence-electron chi connectivity index (χ2n) is 6.12. The van der Waals surface area contributed by atoms with Crippen molar-refractivity contribution in [3.63, 3.8) is 0 Å². The van der Waals surface area contributed by atoms with Gasteiger partial charge in [0.05, 0.1) is 0 Å². The molecule has 6 heteroatoms. The Labute approximate surface area is 144 Å². The standard InChI is InChI=1S/C17H35N3O2S/c1-4-6-12-22-13-8-11-19-17(18-3)20-15-9-7-10-16(14-15)23(21)5-2/h15-16H,4-14H2,1-3H3,(H2,18,19,20). The van der Waals surface area contributed by atoms with Crippen LogP contribution in [0.15, 0.2) is 4.99 Å². The lowest BCUT2D eigenvalue weighted by molar-refractivity contribution is 0.129. The van der Waals surface area contributed by atoms with Gasteiger partial charge >= 0.3 is 0 Å². The fraction of sp³-hybridized carbons (Fsp3) is 0.941. The van der Waals surface area contributed by atoms with Crippen LogP contribution in [0, 0.1) is 0 Å². The molecule has 1 saturated carbocycles. The molecule has 136 valence electrons. The third-order valence-electron chi connectivity index (χ3n) is 4.25. The van der Waals surface area contributed by atoms with Gasteiger partial charge < -0.3 is 15.4 Å². The quantitative estimate of drug-likeness (QED) is 0.363. The smallest absolute Gasteiger partial charge is 0.191 e. The molecule has 0 aromatic rings. The Morgan fingerprint density at radius 1 is 1.26 bits per heavy atom. The number of hydrogen-bond donors (Lipinski definition) is 2. The molecule has 0 bridgehead atoms. The zero-order chi connectivity index (χ0) is 16.9. The average molecular weight is 346 g/mol. The van der Waals surface area contributed by atoms with Gasteiger partial charge in [-0.1, -0.05) is 26.7 Å². The third kappa shape index (κ3) is 8.70. The fourth-order valence-corrected chi connectivity index (χ4v) is 4.22. The van der Waals surface area contributed by atoms with E-state index in [9.17, 15) is 4.21 Å². The van der Waals surface area contributed by atoms with Crippen LogP contribution in [0.4, 0.5) is 0 Å². The second kappa shape index (κ2) is 12.8. The molecule has 0 aliphatic heterocycles. The van der Waals surface area contributed by atoms with Gasteiger partial charge in [-0.3, -0.25) is 9.20 Å². The molecule has 0 radical (unpaired) electrons. The van der Waals surface area contributed by atoms with Crippen molar-refractivity contribution in [1.29, 1.82) is 0 Å². The van der Waals surface area contributed by atoms with Crippen molar-refractivity contribution < 1.29 is 8.95 Å². The summed E-state index contributed by atoms with van der Waals surface area (Å²) in [5.74, 6) is 1.62. The van der Waals surface area contributed by atoms with Crippen LogP contribution in [0.2, 0.25) is 0 Å². The van der Waals surface area contributed by atoms with Crippen molar-refractivity contribution >= 4 is 16.8 Å². The number of aliphatic imine (C=N–C) groups is 1. The van der Waals surface area contributed by atoms with E-state index in [1.54, 1.807) is 7.05 Å². The largest absolute Gasteiger partial charge is 0.381 e. The Morgan fingerprint density at radius 2 is 2.04 bits per heavy atom. The number of rotatable bonds is 10.